The molecule has 1 aliphatic carbocycles. The second-order valence-electron chi connectivity index (χ2n) is 5.80. The Kier molecular flexibility index (Phi) is 6.51. The molecule has 1 atom stereocenters. The van der Waals surface area contributed by atoms with E-state index in [1.165, 1.54) is 18.4 Å². The lowest BCUT2D eigenvalue weighted by atomic mass is 10.1. The lowest BCUT2D eigenvalue weighted by Gasteiger charge is -2.25. The van der Waals surface area contributed by atoms with E-state index in [1.807, 2.05) is 0 Å². The Morgan fingerprint density at radius 3 is 2.70 bits per heavy atom. The zero-order valence-electron chi connectivity index (χ0n) is 12.8. The number of hydrogen-bond acceptors (Lipinski definition) is 3. The van der Waals surface area contributed by atoms with Crippen LogP contribution in [0, 0.1) is 5.92 Å². The van der Waals surface area contributed by atoms with Crippen molar-refractivity contribution in [2.45, 2.75) is 25.8 Å². The second kappa shape index (κ2) is 8.40. The average molecular weight is 276 g/mol. The molecule has 0 bridgehead atoms. The molecule has 20 heavy (non-hydrogen) atoms. The van der Waals surface area contributed by atoms with Crippen molar-refractivity contribution in [1.29, 1.82) is 0 Å². The minimum absolute atomic E-state index is 0.398. The van der Waals surface area contributed by atoms with Gasteiger partial charge in [-0.05, 0) is 37.9 Å². The molecule has 0 radical (unpaired) electrons. The Morgan fingerprint density at radius 2 is 2.05 bits per heavy atom. The summed E-state index contributed by atoms with van der Waals surface area (Å²) in [6, 6.07) is 11.1. The number of benzene rings is 1. The first-order valence-electron chi connectivity index (χ1n) is 7.84. The van der Waals surface area contributed by atoms with Crippen LogP contribution >= 0.6 is 0 Å². The van der Waals surface area contributed by atoms with Crippen LogP contribution in [0.4, 0.5) is 0 Å². The number of nitrogens with one attached hydrogen (secondary N) is 1. The van der Waals surface area contributed by atoms with E-state index in [2.05, 4.69) is 54.5 Å². The van der Waals surface area contributed by atoms with Gasteiger partial charge >= 0.3 is 0 Å². The van der Waals surface area contributed by atoms with Crippen molar-refractivity contribution in [2.24, 2.45) is 5.92 Å². The number of ether oxygens (including phenoxy) is 1. The van der Waals surface area contributed by atoms with E-state index in [0.29, 0.717) is 6.04 Å². The molecule has 1 saturated carbocycles. The maximum absolute atomic E-state index is 5.71. The van der Waals surface area contributed by atoms with Gasteiger partial charge in [-0.1, -0.05) is 37.3 Å². The molecule has 1 aliphatic rings. The molecule has 0 aromatic heterocycles. The number of hydrogen-bond donors (Lipinski definition) is 1. The molecule has 2 rings (SSSR count). The van der Waals surface area contributed by atoms with Crippen LogP contribution in [0.2, 0.25) is 0 Å². The Balaban J connectivity index is 1.71. The Labute approximate surface area is 123 Å². The van der Waals surface area contributed by atoms with Gasteiger partial charge in [-0.3, -0.25) is 0 Å². The van der Waals surface area contributed by atoms with E-state index in [9.17, 15) is 0 Å². The van der Waals surface area contributed by atoms with Gasteiger partial charge < -0.3 is 15.0 Å². The topological polar surface area (TPSA) is 24.5 Å². The quantitative estimate of drug-likeness (QED) is 0.665. The van der Waals surface area contributed by atoms with Crippen LogP contribution in [0.1, 0.15) is 31.4 Å². The molecule has 3 heteroatoms. The lowest BCUT2D eigenvalue weighted by Crippen LogP contribution is -2.34. The number of nitrogens with zero attached hydrogens (tertiary/aromatic N) is 1. The highest BCUT2D eigenvalue weighted by Crippen LogP contribution is 2.28. The predicted octanol–water partition coefficient (Wildman–Crippen LogP) is 2.70. The second-order valence-corrected chi connectivity index (χ2v) is 5.80. The van der Waals surface area contributed by atoms with Crippen LogP contribution in [-0.4, -0.2) is 44.8 Å². The highest BCUT2D eigenvalue weighted by molar-refractivity contribution is 5.19. The van der Waals surface area contributed by atoms with Crippen LogP contribution in [0.3, 0.4) is 0 Å². The van der Waals surface area contributed by atoms with Crippen LogP contribution in [0.15, 0.2) is 30.3 Å². The molecular formula is C17H28N2O. The Bertz CT molecular complexity index is 365. The third-order valence-corrected chi connectivity index (χ3v) is 3.81. The summed E-state index contributed by atoms with van der Waals surface area (Å²) < 4.78 is 5.71. The van der Waals surface area contributed by atoms with Crippen LogP contribution in [0.25, 0.3) is 0 Å². The summed E-state index contributed by atoms with van der Waals surface area (Å²) in [5.74, 6) is 0.860. The van der Waals surface area contributed by atoms with Crippen molar-refractivity contribution in [3.8, 4) is 0 Å². The smallest absolute Gasteiger partial charge is 0.0593 e. The summed E-state index contributed by atoms with van der Waals surface area (Å²) in [5.41, 5.74) is 1.36. The molecule has 0 heterocycles. The lowest BCUT2D eigenvalue weighted by molar-refractivity contribution is 0.101. The van der Waals surface area contributed by atoms with E-state index >= 15 is 0 Å². The predicted molar refractivity (Wildman–Crippen MR) is 83.9 cm³/mol. The van der Waals surface area contributed by atoms with E-state index in [-0.39, 0.29) is 0 Å². The van der Waals surface area contributed by atoms with Gasteiger partial charge in [-0.15, -0.1) is 0 Å². The largest absolute Gasteiger partial charge is 0.380 e. The minimum Gasteiger partial charge on any atom is -0.380 e. The highest BCUT2D eigenvalue weighted by Gasteiger charge is 2.21. The Morgan fingerprint density at radius 1 is 1.30 bits per heavy atom. The van der Waals surface area contributed by atoms with Crippen molar-refractivity contribution in [3.05, 3.63) is 35.9 Å². The first-order valence-corrected chi connectivity index (χ1v) is 7.84. The standard InChI is InChI=1S/C17H28N2O/c1-3-18-17(16-7-5-4-6-8-16)13-19(2)11-12-20-14-15-9-10-15/h4-8,15,17-18H,3,9-14H2,1-2H3. The van der Waals surface area contributed by atoms with E-state index in [4.69, 9.17) is 4.74 Å². The fourth-order valence-electron chi connectivity index (χ4n) is 2.38. The summed E-state index contributed by atoms with van der Waals surface area (Å²) in [6.45, 7) is 6.98. The fraction of sp³-hybridized carbons (Fsp3) is 0.647. The molecule has 0 amide bonds. The number of rotatable bonds is 10. The van der Waals surface area contributed by atoms with Gasteiger partial charge in [0, 0.05) is 25.7 Å². The third kappa shape index (κ3) is 5.61. The zero-order chi connectivity index (χ0) is 14.2. The van der Waals surface area contributed by atoms with E-state index in [0.717, 1.165) is 38.8 Å². The molecule has 0 aliphatic heterocycles. The molecule has 1 aromatic carbocycles. The highest BCUT2D eigenvalue weighted by atomic mass is 16.5. The van der Waals surface area contributed by atoms with Gasteiger partial charge in [0.15, 0.2) is 0 Å². The van der Waals surface area contributed by atoms with Gasteiger partial charge in [-0.25, -0.2) is 0 Å². The van der Waals surface area contributed by atoms with Crippen molar-refractivity contribution in [2.75, 3.05) is 39.9 Å². The fourth-order valence-corrected chi connectivity index (χ4v) is 2.38. The SMILES string of the molecule is CCNC(CN(C)CCOCC1CC1)c1ccccc1. The van der Waals surface area contributed by atoms with Gasteiger partial charge in [0.25, 0.3) is 0 Å². The monoisotopic (exact) mass is 276 g/mol. The summed E-state index contributed by atoms with van der Waals surface area (Å²) >= 11 is 0. The first kappa shape index (κ1) is 15.5. The van der Waals surface area contributed by atoms with Gasteiger partial charge in [0.2, 0.25) is 0 Å². The summed E-state index contributed by atoms with van der Waals surface area (Å²) in [7, 11) is 2.17. The van der Waals surface area contributed by atoms with Gasteiger partial charge in [0.1, 0.15) is 0 Å². The average Bonchev–Trinajstić information content (AvgIpc) is 3.28. The summed E-state index contributed by atoms with van der Waals surface area (Å²) in [4.78, 5) is 2.35. The van der Waals surface area contributed by atoms with Gasteiger partial charge in [-0.2, -0.15) is 0 Å². The molecule has 0 spiro atoms. The molecule has 1 unspecified atom stereocenters. The van der Waals surface area contributed by atoms with Crippen molar-refractivity contribution in [1.82, 2.24) is 10.2 Å². The maximum atomic E-state index is 5.71. The van der Waals surface area contributed by atoms with Crippen molar-refractivity contribution >= 4 is 0 Å². The van der Waals surface area contributed by atoms with Crippen LogP contribution < -0.4 is 5.32 Å². The molecule has 3 nitrogen and oxygen atoms in total. The minimum atomic E-state index is 0.398. The van der Waals surface area contributed by atoms with E-state index < -0.39 is 0 Å². The van der Waals surface area contributed by atoms with E-state index in [1.54, 1.807) is 0 Å². The third-order valence-electron chi connectivity index (χ3n) is 3.81. The molecule has 1 fully saturated rings. The summed E-state index contributed by atoms with van der Waals surface area (Å²) in [6.07, 6.45) is 2.73. The normalized spacial score (nSPS) is 16.6. The maximum Gasteiger partial charge on any atom is 0.0593 e. The molecule has 1 aromatic rings. The van der Waals surface area contributed by atoms with Crippen molar-refractivity contribution in [3.63, 3.8) is 0 Å². The number of likely N-dealkylation sites (N-methyl/N-ethyl adjacent to an activating group) is 2. The Hall–Kier alpha value is -0.900. The first-order chi connectivity index (χ1) is 9.79. The van der Waals surface area contributed by atoms with Crippen LogP contribution in [0.5, 0.6) is 0 Å². The zero-order valence-corrected chi connectivity index (χ0v) is 12.8. The molecule has 1 N–H and O–H groups in total. The van der Waals surface area contributed by atoms with Crippen molar-refractivity contribution < 1.29 is 4.74 Å². The van der Waals surface area contributed by atoms with Gasteiger partial charge in [0.05, 0.1) is 6.61 Å². The molecular weight excluding hydrogens is 248 g/mol. The molecule has 0 saturated heterocycles. The van der Waals surface area contributed by atoms with Crippen LogP contribution in [-0.2, 0) is 4.74 Å². The molecule has 112 valence electrons. The summed E-state index contributed by atoms with van der Waals surface area (Å²) in [5, 5.41) is 3.57.